The van der Waals surface area contributed by atoms with Gasteiger partial charge < -0.3 is 9.73 Å². The van der Waals surface area contributed by atoms with Crippen LogP contribution in [0.5, 0.6) is 0 Å². The first kappa shape index (κ1) is 16.9. The van der Waals surface area contributed by atoms with Gasteiger partial charge in [0.15, 0.2) is 4.34 Å². The van der Waals surface area contributed by atoms with E-state index in [1.807, 2.05) is 19.9 Å². The van der Waals surface area contributed by atoms with Crippen LogP contribution in [-0.4, -0.2) is 20.4 Å². The fourth-order valence-corrected chi connectivity index (χ4v) is 3.55. The quantitative estimate of drug-likeness (QED) is 0.638. The Balaban J connectivity index is 1.59. The van der Waals surface area contributed by atoms with E-state index < -0.39 is 0 Å². The van der Waals surface area contributed by atoms with Crippen LogP contribution in [0.15, 0.2) is 27.0 Å². The summed E-state index contributed by atoms with van der Waals surface area (Å²) in [4.78, 5) is 0. The van der Waals surface area contributed by atoms with Crippen molar-refractivity contribution in [1.29, 1.82) is 0 Å². The maximum Gasteiger partial charge on any atom is 0.226 e. The van der Waals surface area contributed by atoms with Crippen LogP contribution in [0.3, 0.4) is 0 Å². The summed E-state index contributed by atoms with van der Waals surface area (Å²) in [6.45, 7) is 8.25. The van der Waals surface area contributed by atoms with Gasteiger partial charge in [-0.1, -0.05) is 43.0 Å². The van der Waals surface area contributed by atoms with Crippen LogP contribution in [0, 0.1) is 13.8 Å². The molecule has 0 saturated heterocycles. The van der Waals surface area contributed by atoms with Crippen molar-refractivity contribution >= 4 is 33.9 Å². The molecular formula is C16H19N5OS2. The van der Waals surface area contributed by atoms with Crippen LogP contribution in [0.2, 0.25) is 0 Å². The van der Waals surface area contributed by atoms with Crippen molar-refractivity contribution in [3.63, 3.8) is 0 Å². The minimum absolute atomic E-state index is 0.242. The summed E-state index contributed by atoms with van der Waals surface area (Å²) in [5.41, 5.74) is 3.54. The molecular weight excluding hydrogens is 342 g/mol. The maximum atomic E-state index is 5.59. The number of aryl methyl sites for hydroxylation is 2. The van der Waals surface area contributed by atoms with E-state index in [1.54, 1.807) is 11.8 Å². The van der Waals surface area contributed by atoms with Crippen molar-refractivity contribution in [2.24, 2.45) is 0 Å². The smallest absolute Gasteiger partial charge is 0.226 e. The van der Waals surface area contributed by atoms with Crippen LogP contribution in [0.25, 0.3) is 0 Å². The van der Waals surface area contributed by atoms with Crippen LogP contribution < -0.4 is 5.32 Å². The number of hydrogen-bond acceptors (Lipinski definition) is 8. The molecule has 3 rings (SSSR count). The molecule has 126 valence electrons. The number of anilines is 2. The van der Waals surface area contributed by atoms with E-state index >= 15 is 0 Å². The highest BCUT2D eigenvalue weighted by molar-refractivity contribution is 8.00. The van der Waals surface area contributed by atoms with Gasteiger partial charge in [-0.2, -0.15) is 0 Å². The Kier molecular flexibility index (Phi) is 5.15. The van der Waals surface area contributed by atoms with Crippen molar-refractivity contribution in [3.05, 3.63) is 41.1 Å². The molecule has 0 aliphatic carbocycles. The number of thioether (sulfide) groups is 1. The highest BCUT2D eigenvalue weighted by atomic mass is 32.2. The molecule has 0 saturated carbocycles. The van der Waals surface area contributed by atoms with Crippen molar-refractivity contribution in [3.8, 4) is 0 Å². The largest absolute Gasteiger partial charge is 0.424 e. The van der Waals surface area contributed by atoms with E-state index in [9.17, 15) is 0 Å². The maximum absolute atomic E-state index is 5.59. The standard InChI is InChI=1S/C16H19N5OS2/c1-9(2)14-19-18-13(22-14)8-23-16-21-20-15(24-16)17-12-6-5-10(3)11(4)7-12/h5-7,9H,8H2,1-4H3,(H,17,20). The van der Waals surface area contributed by atoms with Gasteiger partial charge in [-0.05, 0) is 37.1 Å². The fourth-order valence-electron chi connectivity index (χ4n) is 1.94. The monoisotopic (exact) mass is 361 g/mol. The molecule has 8 heteroatoms. The Bertz CT molecular complexity index is 827. The van der Waals surface area contributed by atoms with E-state index in [-0.39, 0.29) is 5.92 Å². The first-order valence-electron chi connectivity index (χ1n) is 7.64. The van der Waals surface area contributed by atoms with E-state index in [4.69, 9.17) is 4.42 Å². The number of rotatable bonds is 6. The molecule has 2 heterocycles. The summed E-state index contributed by atoms with van der Waals surface area (Å²) in [5, 5.41) is 20.5. The summed E-state index contributed by atoms with van der Waals surface area (Å²) < 4.78 is 6.46. The van der Waals surface area contributed by atoms with Crippen LogP contribution >= 0.6 is 23.1 Å². The van der Waals surface area contributed by atoms with Crippen LogP contribution in [-0.2, 0) is 5.75 Å². The average molecular weight is 361 g/mol. The molecule has 0 bridgehead atoms. The minimum atomic E-state index is 0.242. The molecule has 0 fully saturated rings. The molecule has 2 aromatic heterocycles. The second-order valence-electron chi connectivity index (χ2n) is 5.77. The Morgan fingerprint density at radius 1 is 1.12 bits per heavy atom. The second-order valence-corrected chi connectivity index (χ2v) is 7.97. The SMILES string of the molecule is Cc1ccc(Nc2nnc(SCc3nnc(C(C)C)o3)s2)cc1C. The second kappa shape index (κ2) is 7.31. The van der Waals surface area contributed by atoms with Crippen LogP contribution in [0.4, 0.5) is 10.8 Å². The third-order valence-corrected chi connectivity index (χ3v) is 5.42. The summed E-state index contributed by atoms with van der Waals surface area (Å²) >= 11 is 3.05. The van der Waals surface area contributed by atoms with Gasteiger partial charge in [0.05, 0.1) is 5.75 Å². The van der Waals surface area contributed by atoms with Gasteiger partial charge in [-0.15, -0.1) is 20.4 Å². The lowest BCUT2D eigenvalue weighted by atomic mass is 10.1. The number of benzene rings is 1. The molecule has 0 spiro atoms. The summed E-state index contributed by atoms with van der Waals surface area (Å²) in [7, 11) is 0. The topological polar surface area (TPSA) is 76.7 Å². The molecule has 0 radical (unpaired) electrons. The fraction of sp³-hybridized carbons (Fsp3) is 0.375. The van der Waals surface area contributed by atoms with Gasteiger partial charge in [0.1, 0.15) is 0 Å². The number of aromatic nitrogens is 4. The predicted octanol–water partition coefficient (Wildman–Crippen LogP) is 4.70. The molecule has 0 amide bonds. The Morgan fingerprint density at radius 3 is 2.67 bits per heavy atom. The van der Waals surface area contributed by atoms with E-state index in [1.165, 1.54) is 22.5 Å². The number of hydrogen-bond donors (Lipinski definition) is 1. The normalized spacial score (nSPS) is 11.2. The van der Waals surface area contributed by atoms with E-state index in [0.717, 1.165) is 15.2 Å². The highest BCUT2D eigenvalue weighted by Gasteiger charge is 2.12. The van der Waals surface area contributed by atoms with Crippen LogP contribution in [0.1, 0.15) is 42.7 Å². The summed E-state index contributed by atoms with van der Waals surface area (Å²) in [5.74, 6) is 2.12. The number of nitrogens with one attached hydrogen (secondary N) is 1. The lowest BCUT2D eigenvalue weighted by Gasteiger charge is -2.05. The first-order valence-corrected chi connectivity index (χ1v) is 9.44. The molecule has 6 nitrogen and oxygen atoms in total. The average Bonchev–Trinajstić information content (AvgIpc) is 3.18. The Morgan fingerprint density at radius 2 is 1.96 bits per heavy atom. The first-order chi connectivity index (χ1) is 11.5. The van der Waals surface area contributed by atoms with E-state index in [2.05, 4.69) is 51.7 Å². The lowest BCUT2D eigenvalue weighted by Crippen LogP contribution is -1.91. The molecule has 1 aromatic carbocycles. The highest BCUT2D eigenvalue weighted by Crippen LogP contribution is 2.30. The zero-order valence-corrected chi connectivity index (χ0v) is 15.7. The third-order valence-electron chi connectivity index (χ3n) is 3.46. The lowest BCUT2D eigenvalue weighted by molar-refractivity contribution is 0.445. The molecule has 0 atom stereocenters. The Labute approximate surface area is 149 Å². The predicted molar refractivity (Wildman–Crippen MR) is 97.1 cm³/mol. The van der Waals surface area contributed by atoms with Crippen molar-refractivity contribution in [2.45, 2.75) is 43.7 Å². The zero-order chi connectivity index (χ0) is 17.1. The third kappa shape index (κ3) is 4.12. The van der Waals surface area contributed by atoms with E-state index in [0.29, 0.717) is 17.5 Å². The number of nitrogens with zero attached hydrogens (tertiary/aromatic N) is 4. The van der Waals surface area contributed by atoms with Gasteiger partial charge in [0, 0.05) is 11.6 Å². The van der Waals surface area contributed by atoms with Crippen molar-refractivity contribution in [1.82, 2.24) is 20.4 Å². The molecule has 0 unspecified atom stereocenters. The van der Waals surface area contributed by atoms with Crippen molar-refractivity contribution in [2.75, 3.05) is 5.32 Å². The van der Waals surface area contributed by atoms with Gasteiger partial charge in [0.2, 0.25) is 16.9 Å². The minimum Gasteiger partial charge on any atom is -0.424 e. The molecule has 3 aromatic rings. The van der Waals surface area contributed by atoms with Gasteiger partial charge in [0.25, 0.3) is 0 Å². The molecule has 0 aliphatic heterocycles. The summed E-state index contributed by atoms with van der Waals surface area (Å²) in [6, 6.07) is 6.24. The van der Waals surface area contributed by atoms with Gasteiger partial charge >= 0.3 is 0 Å². The van der Waals surface area contributed by atoms with Gasteiger partial charge in [-0.3, -0.25) is 0 Å². The molecule has 24 heavy (non-hydrogen) atoms. The van der Waals surface area contributed by atoms with Gasteiger partial charge in [-0.25, -0.2) is 0 Å². The zero-order valence-electron chi connectivity index (χ0n) is 14.0. The summed E-state index contributed by atoms with van der Waals surface area (Å²) in [6.07, 6.45) is 0. The Hall–Kier alpha value is -1.93. The molecule has 1 N–H and O–H groups in total. The van der Waals surface area contributed by atoms with Crippen molar-refractivity contribution < 1.29 is 4.42 Å². The molecule has 0 aliphatic rings.